The molecule has 0 unspecified atom stereocenters. The normalized spacial score (nSPS) is 28.6. The fraction of sp³-hybridized carbons (Fsp3) is 0.500. The third-order valence-electron chi connectivity index (χ3n) is 3.92. The van der Waals surface area contributed by atoms with Crippen molar-refractivity contribution in [2.24, 2.45) is 5.41 Å². The summed E-state index contributed by atoms with van der Waals surface area (Å²) in [7, 11) is 0. The monoisotopic (exact) mass is 315 g/mol. The lowest BCUT2D eigenvalue weighted by molar-refractivity contribution is -0.175. The predicted octanol–water partition coefficient (Wildman–Crippen LogP) is 0.745. The van der Waals surface area contributed by atoms with E-state index in [-0.39, 0.29) is 29.3 Å². The summed E-state index contributed by atoms with van der Waals surface area (Å²) in [4.78, 5) is 48.9. The van der Waals surface area contributed by atoms with Gasteiger partial charge in [0.1, 0.15) is 11.1 Å². The number of amides is 1. The van der Waals surface area contributed by atoms with Crippen molar-refractivity contribution in [3.05, 3.63) is 10.7 Å². The van der Waals surface area contributed by atoms with Crippen molar-refractivity contribution >= 4 is 46.8 Å². The maximum Gasteiger partial charge on any atom is 0.353 e. The summed E-state index contributed by atoms with van der Waals surface area (Å²) < 4.78 is 0. The summed E-state index contributed by atoms with van der Waals surface area (Å²) in [6.45, 7) is 0. The summed E-state index contributed by atoms with van der Waals surface area (Å²) in [5.41, 5.74) is -1.97. The molecule has 2 heterocycles. The number of carbonyl (C=O) groups is 4. The van der Waals surface area contributed by atoms with Crippen molar-refractivity contribution in [3.8, 4) is 0 Å². The van der Waals surface area contributed by atoms with Crippen molar-refractivity contribution in [1.29, 1.82) is 0 Å². The molecule has 6 nitrogen and oxygen atoms in total. The van der Waals surface area contributed by atoms with E-state index in [9.17, 15) is 19.2 Å². The number of β-lactam (4-membered cyclic amide) rings is 1. The fourth-order valence-electron chi connectivity index (χ4n) is 2.99. The molecule has 1 amide bonds. The summed E-state index contributed by atoms with van der Waals surface area (Å²) in [5, 5.41) is 8.44. The van der Waals surface area contributed by atoms with Crippen LogP contribution in [0.3, 0.4) is 0 Å². The van der Waals surface area contributed by atoms with Gasteiger partial charge in [0.05, 0.1) is 5.03 Å². The van der Waals surface area contributed by atoms with Gasteiger partial charge >= 0.3 is 5.97 Å². The lowest BCUT2D eigenvalue weighted by Gasteiger charge is -2.55. The van der Waals surface area contributed by atoms with Gasteiger partial charge in [0.15, 0.2) is 17.0 Å². The molecule has 1 saturated carbocycles. The van der Waals surface area contributed by atoms with E-state index in [1.165, 1.54) is 11.8 Å². The molecule has 0 radical (unpaired) electrons. The van der Waals surface area contributed by atoms with Gasteiger partial charge in [-0.05, 0) is 6.42 Å². The lowest BCUT2D eigenvalue weighted by Crippen LogP contribution is -2.75. The standard InChI is InChI=1S/C12H10ClNO5S/c13-5-4-20-11-12(6(15)2-1-3-7(12)16)10(19)14(11)8(5)9(17)18/h11H,1-4H2,(H,17,18)/t11-/m0/s1. The lowest BCUT2D eigenvalue weighted by atomic mass is 9.65. The summed E-state index contributed by atoms with van der Waals surface area (Å²) in [6, 6.07) is 0. The number of halogens is 1. The second-order valence-electron chi connectivity index (χ2n) is 4.91. The van der Waals surface area contributed by atoms with Crippen LogP contribution in [0.15, 0.2) is 10.7 Å². The van der Waals surface area contributed by atoms with E-state index in [1.807, 2.05) is 0 Å². The molecule has 0 bridgehead atoms. The Balaban J connectivity index is 2.06. The smallest absolute Gasteiger partial charge is 0.353 e. The van der Waals surface area contributed by atoms with Gasteiger partial charge in [0.2, 0.25) is 0 Å². The van der Waals surface area contributed by atoms with Crippen LogP contribution in [-0.4, -0.2) is 44.6 Å². The van der Waals surface area contributed by atoms with Crippen molar-refractivity contribution in [2.45, 2.75) is 24.6 Å². The number of aliphatic carboxylic acids is 1. The number of nitrogens with zero attached hydrogens (tertiary/aromatic N) is 1. The van der Waals surface area contributed by atoms with Crippen LogP contribution in [0.4, 0.5) is 0 Å². The molecule has 1 aliphatic carbocycles. The molecule has 8 heteroatoms. The number of hydrogen-bond acceptors (Lipinski definition) is 5. The van der Waals surface area contributed by atoms with E-state index in [2.05, 4.69) is 0 Å². The molecular formula is C12H10ClNO5S. The molecule has 106 valence electrons. The SMILES string of the molecule is O=C(O)C1=C(Cl)CS[C@@H]2N1C(=O)C21C(=O)CCCC1=O. The summed E-state index contributed by atoms with van der Waals surface area (Å²) in [6.07, 6.45) is 0.816. The molecule has 3 rings (SSSR count). The highest BCUT2D eigenvalue weighted by Gasteiger charge is 2.72. The average Bonchev–Trinajstić information content (AvgIpc) is 2.38. The topological polar surface area (TPSA) is 91.8 Å². The number of fused-ring (bicyclic) bond motifs is 2. The first-order chi connectivity index (χ1) is 9.42. The van der Waals surface area contributed by atoms with Crippen LogP contribution in [0.1, 0.15) is 19.3 Å². The molecule has 1 spiro atoms. The number of thioether (sulfide) groups is 1. The molecule has 2 aliphatic heterocycles. The Morgan fingerprint density at radius 2 is 1.90 bits per heavy atom. The first kappa shape index (κ1) is 13.6. The van der Waals surface area contributed by atoms with Gasteiger partial charge < -0.3 is 5.11 Å². The minimum atomic E-state index is -1.67. The number of carboxylic acids is 1. The number of Topliss-reactive ketones (excluding diaryl/α,β-unsaturated/α-hetero) is 2. The van der Waals surface area contributed by atoms with Crippen LogP contribution in [-0.2, 0) is 19.2 Å². The Hall–Kier alpha value is -1.34. The number of carboxylic acid groups (broad SMARTS) is 1. The third kappa shape index (κ3) is 1.42. The second kappa shape index (κ2) is 4.33. The molecule has 3 aliphatic rings. The van der Waals surface area contributed by atoms with E-state index in [4.69, 9.17) is 16.7 Å². The highest BCUT2D eigenvalue weighted by atomic mass is 35.5. The molecule has 20 heavy (non-hydrogen) atoms. The van der Waals surface area contributed by atoms with Crippen LogP contribution in [0.25, 0.3) is 0 Å². The van der Waals surface area contributed by atoms with Crippen LogP contribution >= 0.6 is 23.4 Å². The van der Waals surface area contributed by atoms with E-state index in [1.54, 1.807) is 0 Å². The molecule has 0 aromatic rings. The Kier molecular flexibility index (Phi) is 2.95. The predicted molar refractivity (Wildman–Crippen MR) is 69.9 cm³/mol. The number of carbonyl (C=O) groups excluding carboxylic acids is 3. The summed E-state index contributed by atoms with van der Waals surface area (Å²) in [5.74, 6) is -2.66. The minimum Gasteiger partial charge on any atom is -0.477 e. The zero-order valence-corrected chi connectivity index (χ0v) is 11.8. The first-order valence-corrected chi connectivity index (χ1v) is 7.48. The Morgan fingerprint density at radius 3 is 2.45 bits per heavy atom. The van der Waals surface area contributed by atoms with Gasteiger partial charge in [-0.15, -0.1) is 11.8 Å². The van der Waals surface area contributed by atoms with Crippen LogP contribution < -0.4 is 0 Å². The highest BCUT2D eigenvalue weighted by molar-refractivity contribution is 8.00. The fourth-order valence-corrected chi connectivity index (χ4v) is 4.76. The molecule has 0 aromatic heterocycles. The highest BCUT2D eigenvalue weighted by Crippen LogP contribution is 2.55. The molecule has 2 fully saturated rings. The van der Waals surface area contributed by atoms with Gasteiger partial charge in [0, 0.05) is 18.6 Å². The van der Waals surface area contributed by atoms with E-state index < -0.39 is 34.2 Å². The first-order valence-electron chi connectivity index (χ1n) is 6.06. The zero-order valence-electron chi connectivity index (χ0n) is 10.2. The Labute approximate surface area is 123 Å². The molecule has 1 saturated heterocycles. The van der Waals surface area contributed by atoms with Crippen LogP contribution in [0.2, 0.25) is 0 Å². The van der Waals surface area contributed by atoms with Crippen LogP contribution in [0.5, 0.6) is 0 Å². The Morgan fingerprint density at radius 1 is 1.30 bits per heavy atom. The largest absolute Gasteiger partial charge is 0.477 e. The van der Waals surface area contributed by atoms with Gasteiger partial charge in [0.25, 0.3) is 5.91 Å². The zero-order chi connectivity index (χ0) is 14.7. The van der Waals surface area contributed by atoms with Crippen molar-refractivity contribution in [3.63, 3.8) is 0 Å². The molecular weight excluding hydrogens is 306 g/mol. The van der Waals surface area contributed by atoms with E-state index >= 15 is 0 Å². The number of ketones is 2. The van der Waals surface area contributed by atoms with Crippen LogP contribution in [0, 0.1) is 5.41 Å². The van der Waals surface area contributed by atoms with Gasteiger partial charge in [-0.1, -0.05) is 11.6 Å². The second-order valence-corrected chi connectivity index (χ2v) is 6.43. The summed E-state index contributed by atoms with van der Waals surface area (Å²) >= 11 is 7.02. The van der Waals surface area contributed by atoms with Crippen molar-refractivity contribution in [1.82, 2.24) is 4.90 Å². The Bertz CT molecular complexity index is 583. The van der Waals surface area contributed by atoms with Gasteiger partial charge in [-0.25, -0.2) is 4.79 Å². The van der Waals surface area contributed by atoms with E-state index in [0.29, 0.717) is 6.42 Å². The number of hydrogen-bond donors (Lipinski definition) is 1. The minimum absolute atomic E-state index is 0.0534. The van der Waals surface area contributed by atoms with Gasteiger partial charge in [-0.3, -0.25) is 19.3 Å². The number of rotatable bonds is 1. The maximum absolute atomic E-state index is 12.4. The van der Waals surface area contributed by atoms with Gasteiger partial charge in [-0.2, -0.15) is 0 Å². The maximum atomic E-state index is 12.4. The molecule has 0 aromatic carbocycles. The molecule has 1 atom stereocenters. The van der Waals surface area contributed by atoms with Crippen molar-refractivity contribution in [2.75, 3.05) is 5.75 Å². The van der Waals surface area contributed by atoms with Crippen molar-refractivity contribution < 1.29 is 24.3 Å². The quantitative estimate of drug-likeness (QED) is 0.567. The third-order valence-corrected chi connectivity index (χ3v) is 5.72. The average molecular weight is 316 g/mol. The molecule has 1 N–H and O–H groups in total. The van der Waals surface area contributed by atoms with E-state index in [0.717, 1.165) is 4.90 Å².